The van der Waals surface area contributed by atoms with Gasteiger partial charge in [-0.2, -0.15) is 0 Å². The van der Waals surface area contributed by atoms with Gasteiger partial charge in [0.05, 0.1) is 29.8 Å². The quantitative estimate of drug-likeness (QED) is 0.401. The fourth-order valence-electron chi connectivity index (χ4n) is 2.98. The Labute approximate surface area is 193 Å². The van der Waals surface area contributed by atoms with Crippen LogP contribution in [0.3, 0.4) is 0 Å². The number of benzene rings is 2. The molecule has 0 aliphatic carbocycles. The highest BCUT2D eigenvalue weighted by Crippen LogP contribution is 2.34. The molecule has 4 rings (SSSR count). The molecular formula is C23H20N4O3S2. The van der Waals surface area contributed by atoms with Crippen LogP contribution in [0.4, 0.5) is 10.3 Å². The van der Waals surface area contributed by atoms with Crippen molar-refractivity contribution in [2.45, 2.75) is 13.3 Å². The molecule has 2 aromatic heterocycles. The minimum absolute atomic E-state index is 0.120. The summed E-state index contributed by atoms with van der Waals surface area (Å²) in [5.74, 6) is 0.315. The lowest BCUT2D eigenvalue weighted by atomic mass is 10.1. The number of hydrogen-bond donors (Lipinski definition) is 2. The topological polar surface area (TPSA) is 93.2 Å². The highest BCUT2D eigenvalue weighted by atomic mass is 32.1. The molecule has 9 heteroatoms. The summed E-state index contributed by atoms with van der Waals surface area (Å²) in [6, 6.07) is 16.4. The van der Waals surface area contributed by atoms with E-state index in [4.69, 9.17) is 4.74 Å². The number of nitrogens with one attached hydrogen (secondary N) is 2. The maximum absolute atomic E-state index is 12.5. The summed E-state index contributed by atoms with van der Waals surface area (Å²) >= 11 is 2.69. The van der Waals surface area contributed by atoms with Crippen molar-refractivity contribution in [1.82, 2.24) is 9.97 Å². The Balaban J connectivity index is 1.42. The third kappa shape index (κ3) is 5.19. The smallest absolute Gasteiger partial charge is 0.257 e. The van der Waals surface area contributed by atoms with Gasteiger partial charge in [-0.3, -0.25) is 14.9 Å². The van der Waals surface area contributed by atoms with Gasteiger partial charge in [-0.15, -0.1) is 11.3 Å². The number of aromatic nitrogens is 2. The lowest BCUT2D eigenvalue weighted by Crippen LogP contribution is -2.14. The molecule has 32 heavy (non-hydrogen) atoms. The van der Waals surface area contributed by atoms with Crippen molar-refractivity contribution >= 4 is 44.8 Å². The molecule has 2 heterocycles. The van der Waals surface area contributed by atoms with E-state index in [0.29, 0.717) is 27.3 Å². The van der Waals surface area contributed by atoms with Gasteiger partial charge in [0.15, 0.2) is 10.3 Å². The highest BCUT2D eigenvalue weighted by Gasteiger charge is 2.16. The second-order valence-corrected chi connectivity index (χ2v) is 8.72. The van der Waals surface area contributed by atoms with E-state index >= 15 is 0 Å². The molecule has 7 nitrogen and oxygen atoms in total. The molecule has 0 radical (unpaired) electrons. The van der Waals surface area contributed by atoms with Gasteiger partial charge in [-0.05, 0) is 36.8 Å². The van der Waals surface area contributed by atoms with Crippen LogP contribution in [0.25, 0.3) is 10.6 Å². The highest BCUT2D eigenvalue weighted by molar-refractivity contribution is 7.20. The summed E-state index contributed by atoms with van der Waals surface area (Å²) in [5.41, 5.74) is 2.92. The molecule has 2 amide bonds. The van der Waals surface area contributed by atoms with E-state index in [1.807, 2.05) is 42.6 Å². The van der Waals surface area contributed by atoms with Crippen LogP contribution in [-0.4, -0.2) is 28.9 Å². The SMILES string of the molecule is COc1ccc(C(=O)Nc2nc(C)c(-c3csc(NC(=O)Cc4ccccc4)n3)s2)cc1. The van der Waals surface area contributed by atoms with E-state index in [2.05, 4.69) is 20.6 Å². The lowest BCUT2D eigenvalue weighted by molar-refractivity contribution is -0.115. The monoisotopic (exact) mass is 464 g/mol. The van der Waals surface area contributed by atoms with Crippen molar-refractivity contribution in [3.8, 4) is 16.3 Å². The summed E-state index contributed by atoms with van der Waals surface area (Å²) in [6.07, 6.45) is 0.289. The first-order valence-corrected chi connectivity index (χ1v) is 11.4. The Kier molecular flexibility index (Phi) is 6.58. The molecule has 4 aromatic rings. The number of thiazole rings is 2. The van der Waals surface area contributed by atoms with Crippen LogP contribution in [0.15, 0.2) is 60.0 Å². The lowest BCUT2D eigenvalue weighted by Gasteiger charge is -2.03. The van der Waals surface area contributed by atoms with E-state index < -0.39 is 0 Å². The number of methoxy groups -OCH3 is 1. The third-order valence-corrected chi connectivity index (χ3v) is 6.41. The Bertz CT molecular complexity index is 1230. The number of carbonyl (C=O) groups excluding carboxylic acids is 2. The van der Waals surface area contributed by atoms with E-state index in [1.54, 1.807) is 31.4 Å². The number of ether oxygens (including phenoxy) is 1. The zero-order chi connectivity index (χ0) is 22.5. The fraction of sp³-hybridized carbons (Fsp3) is 0.130. The van der Waals surface area contributed by atoms with Gasteiger partial charge in [-0.25, -0.2) is 9.97 Å². The van der Waals surface area contributed by atoms with Gasteiger partial charge >= 0.3 is 0 Å². The summed E-state index contributed by atoms with van der Waals surface area (Å²) in [4.78, 5) is 34.6. The van der Waals surface area contributed by atoms with Gasteiger partial charge in [0.1, 0.15) is 5.75 Å². The van der Waals surface area contributed by atoms with Crippen LogP contribution in [0, 0.1) is 6.92 Å². The van der Waals surface area contributed by atoms with Gasteiger partial charge in [0.25, 0.3) is 5.91 Å². The largest absolute Gasteiger partial charge is 0.497 e. The van der Waals surface area contributed by atoms with Gasteiger partial charge in [0, 0.05) is 10.9 Å². The minimum Gasteiger partial charge on any atom is -0.497 e. The van der Waals surface area contributed by atoms with Crippen LogP contribution in [0.5, 0.6) is 5.75 Å². The molecule has 0 fully saturated rings. The van der Waals surface area contributed by atoms with E-state index in [0.717, 1.165) is 16.1 Å². The predicted octanol–water partition coefficient (Wildman–Crippen LogP) is 5.02. The molecule has 0 aliphatic rings. The summed E-state index contributed by atoms with van der Waals surface area (Å²) < 4.78 is 5.12. The van der Waals surface area contributed by atoms with Crippen LogP contribution < -0.4 is 15.4 Å². The van der Waals surface area contributed by atoms with Crippen LogP contribution in [0.1, 0.15) is 21.6 Å². The second kappa shape index (κ2) is 9.71. The molecule has 0 unspecified atom stereocenters. The molecular weight excluding hydrogens is 444 g/mol. The zero-order valence-electron chi connectivity index (χ0n) is 17.4. The summed E-state index contributed by atoms with van der Waals surface area (Å²) in [6.45, 7) is 1.86. The van der Waals surface area contributed by atoms with Crippen LogP contribution >= 0.6 is 22.7 Å². The third-order valence-electron chi connectivity index (χ3n) is 4.56. The molecule has 0 saturated heterocycles. The molecule has 0 spiro atoms. The van der Waals surface area contributed by atoms with Crippen LogP contribution in [0.2, 0.25) is 0 Å². The Morgan fingerprint density at radius 1 is 0.969 bits per heavy atom. The van der Waals surface area contributed by atoms with Gasteiger partial charge in [0.2, 0.25) is 5.91 Å². The number of amides is 2. The average molecular weight is 465 g/mol. The zero-order valence-corrected chi connectivity index (χ0v) is 19.0. The van der Waals surface area contributed by atoms with E-state index in [9.17, 15) is 9.59 Å². The van der Waals surface area contributed by atoms with Crippen molar-refractivity contribution in [3.05, 3.63) is 76.8 Å². The van der Waals surface area contributed by atoms with E-state index in [-0.39, 0.29) is 18.2 Å². The van der Waals surface area contributed by atoms with Gasteiger partial charge < -0.3 is 10.1 Å². The summed E-state index contributed by atoms with van der Waals surface area (Å²) in [5, 5.41) is 8.55. The average Bonchev–Trinajstić information content (AvgIpc) is 3.40. The number of hydrogen-bond acceptors (Lipinski definition) is 7. The molecule has 2 N–H and O–H groups in total. The van der Waals surface area contributed by atoms with Crippen molar-refractivity contribution in [2.75, 3.05) is 17.7 Å². The van der Waals surface area contributed by atoms with Crippen molar-refractivity contribution < 1.29 is 14.3 Å². The van der Waals surface area contributed by atoms with Crippen LogP contribution in [-0.2, 0) is 11.2 Å². The normalized spacial score (nSPS) is 10.6. The predicted molar refractivity (Wildman–Crippen MR) is 128 cm³/mol. The molecule has 0 atom stereocenters. The molecule has 162 valence electrons. The maximum atomic E-state index is 12.5. The Morgan fingerprint density at radius 3 is 2.44 bits per heavy atom. The first-order valence-electron chi connectivity index (χ1n) is 9.74. The Hall–Kier alpha value is -3.56. The molecule has 0 bridgehead atoms. The first kappa shape index (κ1) is 21.7. The fourth-order valence-corrected chi connectivity index (χ4v) is 4.69. The molecule has 0 aliphatic heterocycles. The van der Waals surface area contributed by atoms with Crippen molar-refractivity contribution in [1.29, 1.82) is 0 Å². The van der Waals surface area contributed by atoms with Gasteiger partial charge in [-0.1, -0.05) is 41.7 Å². The summed E-state index contributed by atoms with van der Waals surface area (Å²) in [7, 11) is 1.58. The number of aryl methyl sites for hydroxylation is 1. The molecule has 0 saturated carbocycles. The standard InChI is InChI=1S/C23H20N4O3S2/c1-14-20(32-23(24-14)27-21(29)16-8-10-17(30-2)11-9-16)18-13-31-22(25-18)26-19(28)12-15-6-4-3-5-7-15/h3-11,13H,12H2,1-2H3,(H,24,27,29)(H,25,26,28). The maximum Gasteiger partial charge on any atom is 0.257 e. The number of rotatable bonds is 7. The second-order valence-electron chi connectivity index (χ2n) is 6.86. The minimum atomic E-state index is -0.250. The number of nitrogens with zero attached hydrogens (tertiary/aromatic N) is 2. The Morgan fingerprint density at radius 2 is 1.72 bits per heavy atom. The first-order chi connectivity index (χ1) is 15.5. The number of carbonyl (C=O) groups is 2. The van der Waals surface area contributed by atoms with Crippen molar-refractivity contribution in [2.24, 2.45) is 0 Å². The molecule has 2 aromatic carbocycles. The van der Waals surface area contributed by atoms with Crippen molar-refractivity contribution in [3.63, 3.8) is 0 Å². The van der Waals surface area contributed by atoms with E-state index in [1.165, 1.54) is 22.7 Å². The number of anilines is 2.